The Balaban J connectivity index is 2.10. The maximum atomic E-state index is 11.2. The van der Waals surface area contributed by atoms with Gasteiger partial charge in [0.15, 0.2) is 0 Å². The summed E-state index contributed by atoms with van der Waals surface area (Å²) >= 11 is 0. The minimum atomic E-state index is -0.442. The number of allylic oxidation sites excluding steroid dienone is 3. The Bertz CT molecular complexity index is 447. The molecule has 0 aromatic heterocycles. The molecule has 1 fully saturated rings. The van der Waals surface area contributed by atoms with Crippen molar-refractivity contribution in [2.45, 2.75) is 71.2 Å². The Morgan fingerprint density at radius 2 is 2.10 bits per heavy atom. The van der Waals surface area contributed by atoms with Crippen LogP contribution in [0.1, 0.15) is 53.9 Å². The summed E-state index contributed by atoms with van der Waals surface area (Å²) in [6.07, 6.45) is 9.34. The van der Waals surface area contributed by atoms with E-state index in [0.717, 1.165) is 19.3 Å². The SMILES string of the molecule is CC(=O)O[C@H]1CC[C@](C)([C@H]2C=CC(C)=CC2)OC1(C)C. The minimum Gasteiger partial charge on any atom is -0.460 e. The molecule has 2 aliphatic rings. The summed E-state index contributed by atoms with van der Waals surface area (Å²) in [5.74, 6) is 0.162. The molecule has 0 saturated carbocycles. The number of carbonyl (C=O) groups is 1. The zero-order chi connectivity index (χ0) is 15.0. The summed E-state index contributed by atoms with van der Waals surface area (Å²) in [6, 6.07) is 0. The van der Waals surface area contributed by atoms with Gasteiger partial charge in [-0.05, 0) is 47.0 Å². The highest BCUT2D eigenvalue weighted by atomic mass is 16.6. The summed E-state index contributed by atoms with van der Waals surface area (Å²) in [6.45, 7) is 9.80. The van der Waals surface area contributed by atoms with E-state index < -0.39 is 5.60 Å². The average molecular weight is 278 g/mol. The Hall–Kier alpha value is -1.09. The van der Waals surface area contributed by atoms with Crippen LogP contribution in [-0.4, -0.2) is 23.3 Å². The van der Waals surface area contributed by atoms with Crippen molar-refractivity contribution in [2.24, 2.45) is 5.92 Å². The quantitative estimate of drug-likeness (QED) is 0.721. The van der Waals surface area contributed by atoms with Gasteiger partial charge in [0.05, 0.1) is 5.60 Å². The number of ether oxygens (including phenoxy) is 2. The molecule has 0 aromatic rings. The van der Waals surface area contributed by atoms with Crippen LogP contribution in [0.25, 0.3) is 0 Å². The van der Waals surface area contributed by atoms with Crippen LogP contribution in [0, 0.1) is 5.92 Å². The van der Waals surface area contributed by atoms with Crippen molar-refractivity contribution in [1.82, 2.24) is 0 Å². The molecule has 3 heteroatoms. The first-order valence-corrected chi connectivity index (χ1v) is 7.45. The zero-order valence-electron chi connectivity index (χ0n) is 13.2. The normalized spacial score (nSPS) is 36.4. The second-order valence-corrected chi connectivity index (χ2v) is 6.80. The molecule has 0 spiro atoms. The number of rotatable bonds is 2. The molecule has 0 N–H and O–H groups in total. The minimum absolute atomic E-state index is 0.155. The molecule has 20 heavy (non-hydrogen) atoms. The molecule has 0 aromatic carbocycles. The predicted molar refractivity (Wildman–Crippen MR) is 79.4 cm³/mol. The highest BCUT2D eigenvalue weighted by molar-refractivity contribution is 5.66. The van der Waals surface area contributed by atoms with Crippen LogP contribution < -0.4 is 0 Å². The van der Waals surface area contributed by atoms with E-state index in [1.807, 2.05) is 13.8 Å². The van der Waals surface area contributed by atoms with E-state index in [1.54, 1.807) is 0 Å². The van der Waals surface area contributed by atoms with Gasteiger partial charge in [-0.1, -0.05) is 23.8 Å². The van der Waals surface area contributed by atoms with Gasteiger partial charge >= 0.3 is 5.97 Å². The Kier molecular flexibility index (Phi) is 4.10. The van der Waals surface area contributed by atoms with Crippen molar-refractivity contribution in [3.63, 3.8) is 0 Å². The van der Waals surface area contributed by atoms with Gasteiger partial charge in [0.2, 0.25) is 0 Å². The molecule has 3 atom stereocenters. The van der Waals surface area contributed by atoms with E-state index in [1.165, 1.54) is 12.5 Å². The first kappa shape index (κ1) is 15.3. The van der Waals surface area contributed by atoms with Crippen LogP contribution in [-0.2, 0) is 14.3 Å². The smallest absolute Gasteiger partial charge is 0.303 e. The number of carbonyl (C=O) groups excluding carboxylic acids is 1. The molecule has 3 nitrogen and oxygen atoms in total. The molecule has 0 unspecified atom stereocenters. The van der Waals surface area contributed by atoms with E-state index in [2.05, 4.69) is 32.1 Å². The van der Waals surface area contributed by atoms with E-state index in [-0.39, 0.29) is 17.7 Å². The first-order valence-electron chi connectivity index (χ1n) is 7.45. The lowest BCUT2D eigenvalue weighted by molar-refractivity contribution is -0.235. The average Bonchev–Trinajstić information content (AvgIpc) is 2.32. The maximum absolute atomic E-state index is 11.2. The molecule has 112 valence electrons. The maximum Gasteiger partial charge on any atom is 0.303 e. The molecule has 1 saturated heterocycles. The lowest BCUT2D eigenvalue weighted by atomic mass is 9.75. The Labute approximate surface area is 122 Å². The van der Waals surface area contributed by atoms with Gasteiger partial charge in [0.25, 0.3) is 0 Å². The molecule has 1 aliphatic heterocycles. The molecule has 0 radical (unpaired) electrons. The summed E-state index contributed by atoms with van der Waals surface area (Å²) in [5, 5.41) is 0. The summed E-state index contributed by atoms with van der Waals surface area (Å²) in [7, 11) is 0. The Morgan fingerprint density at radius 1 is 1.40 bits per heavy atom. The fourth-order valence-corrected chi connectivity index (χ4v) is 3.33. The van der Waals surface area contributed by atoms with Crippen molar-refractivity contribution >= 4 is 5.97 Å². The highest BCUT2D eigenvalue weighted by Gasteiger charge is 2.48. The van der Waals surface area contributed by atoms with Crippen LogP contribution in [0.15, 0.2) is 23.8 Å². The molecular formula is C17H26O3. The van der Waals surface area contributed by atoms with Crippen LogP contribution in [0.3, 0.4) is 0 Å². The third-order valence-electron chi connectivity index (χ3n) is 4.55. The van der Waals surface area contributed by atoms with Crippen molar-refractivity contribution in [3.05, 3.63) is 23.8 Å². The topological polar surface area (TPSA) is 35.5 Å². The van der Waals surface area contributed by atoms with Gasteiger partial charge in [0, 0.05) is 12.8 Å². The van der Waals surface area contributed by atoms with Crippen LogP contribution in [0.2, 0.25) is 0 Å². The van der Waals surface area contributed by atoms with E-state index in [9.17, 15) is 4.79 Å². The molecular weight excluding hydrogens is 252 g/mol. The van der Waals surface area contributed by atoms with Gasteiger partial charge in [-0.25, -0.2) is 0 Å². The van der Waals surface area contributed by atoms with Crippen molar-refractivity contribution in [2.75, 3.05) is 0 Å². The summed E-state index contributed by atoms with van der Waals surface area (Å²) < 4.78 is 11.8. The molecule has 1 aliphatic carbocycles. The van der Waals surface area contributed by atoms with Gasteiger partial charge in [-0.15, -0.1) is 0 Å². The lowest BCUT2D eigenvalue weighted by Gasteiger charge is -2.50. The van der Waals surface area contributed by atoms with E-state index in [4.69, 9.17) is 9.47 Å². The fraction of sp³-hybridized carbons (Fsp3) is 0.706. The second kappa shape index (κ2) is 5.36. The zero-order valence-corrected chi connectivity index (χ0v) is 13.2. The van der Waals surface area contributed by atoms with Gasteiger partial charge in [0.1, 0.15) is 11.7 Å². The molecule has 2 rings (SSSR count). The monoisotopic (exact) mass is 278 g/mol. The number of hydrogen-bond acceptors (Lipinski definition) is 3. The summed E-state index contributed by atoms with van der Waals surface area (Å²) in [5.41, 5.74) is 0.689. The lowest BCUT2D eigenvalue weighted by Crippen LogP contribution is -2.55. The van der Waals surface area contributed by atoms with Crippen molar-refractivity contribution < 1.29 is 14.3 Å². The molecule has 0 bridgehead atoms. The van der Waals surface area contributed by atoms with Crippen molar-refractivity contribution in [1.29, 1.82) is 0 Å². The number of hydrogen-bond donors (Lipinski definition) is 0. The first-order chi connectivity index (χ1) is 9.23. The van der Waals surface area contributed by atoms with Gasteiger partial charge < -0.3 is 9.47 Å². The van der Waals surface area contributed by atoms with Gasteiger partial charge in [-0.2, -0.15) is 0 Å². The summed E-state index contributed by atoms with van der Waals surface area (Å²) in [4.78, 5) is 11.2. The highest BCUT2D eigenvalue weighted by Crippen LogP contribution is 2.43. The second-order valence-electron chi connectivity index (χ2n) is 6.80. The van der Waals surface area contributed by atoms with E-state index in [0.29, 0.717) is 5.92 Å². The largest absolute Gasteiger partial charge is 0.460 e. The molecule has 1 heterocycles. The van der Waals surface area contributed by atoms with Crippen LogP contribution in [0.5, 0.6) is 0 Å². The number of esters is 1. The standard InChI is InChI=1S/C17H26O3/c1-12-6-8-14(9-7-12)17(5)11-10-15(19-13(2)18)16(3,4)20-17/h6-8,14-15H,9-11H2,1-5H3/t14-,15-,17+/m0/s1. The van der Waals surface area contributed by atoms with Gasteiger partial charge in [-0.3, -0.25) is 4.79 Å². The van der Waals surface area contributed by atoms with Crippen LogP contribution >= 0.6 is 0 Å². The molecule has 0 amide bonds. The predicted octanol–water partition coefficient (Wildman–Crippen LogP) is 3.79. The fourth-order valence-electron chi connectivity index (χ4n) is 3.33. The Morgan fingerprint density at radius 3 is 2.60 bits per heavy atom. The third-order valence-corrected chi connectivity index (χ3v) is 4.55. The van der Waals surface area contributed by atoms with Crippen LogP contribution in [0.4, 0.5) is 0 Å². The van der Waals surface area contributed by atoms with E-state index >= 15 is 0 Å². The van der Waals surface area contributed by atoms with Crippen molar-refractivity contribution in [3.8, 4) is 0 Å². The third kappa shape index (κ3) is 3.14.